The summed E-state index contributed by atoms with van der Waals surface area (Å²) in [5.41, 5.74) is 1.81. The van der Waals surface area contributed by atoms with Crippen molar-refractivity contribution < 1.29 is 14.6 Å². The fourth-order valence-corrected chi connectivity index (χ4v) is 1.68. The Hall–Kier alpha value is -2.10. The Morgan fingerprint density at radius 1 is 1.41 bits per heavy atom. The second kappa shape index (κ2) is 4.41. The average molecular weight is 231 g/mol. The Kier molecular flexibility index (Phi) is 2.95. The Morgan fingerprint density at radius 3 is 2.82 bits per heavy atom. The van der Waals surface area contributed by atoms with Crippen molar-refractivity contribution >= 4 is 16.9 Å². The van der Waals surface area contributed by atoms with E-state index in [4.69, 9.17) is 0 Å². The van der Waals surface area contributed by atoms with Crippen LogP contribution in [0.1, 0.15) is 23.0 Å². The van der Waals surface area contributed by atoms with Crippen LogP contribution in [0, 0.1) is 0 Å². The fourth-order valence-electron chi connectivity index (χ4n) is 1.68. The van der Waals surface area contributed by atoms with Gasteiger partial charge in [0.2, 0.25) is 0 Å². The topological polar surface area (TPSA) is 59.4 Å². The van der Waals surface area contributed by atoms with Gasteiger partial charge < -0.3 is 9.84 Å². The molecule has 1 N–H and O–H groups in total. The Balaban J connectivity index is 2.63. The summed E-state index contributed by atoms with van der Waals surface area (Å²) >= 11 is 0. The van der Waals surface area contributed by atoms with Crippen LogP contribution in [0.5, 0.6) is 5.75 Å². The molecule has 0 aliphatic rings. The average Bonchev–Trinajstić information content (AvgIpc) is 2.37. The first-order chi connectivity index (χ1) is 8.15. The van der Waals surface area contributed by atoms with Crippen LogP contribution in [0.25, 0.3) is 10.9 Å². The van der Waals surface area contributed by atoms with Crippen LogP contribution in [-0.2, 0) is 11.2 Å². The summed E-state index contributed by atoms with van der Waals surface area (Å²) in [6, 6.07) is 6.92. The molecule has 1 aromatic carbocycles. The van der Waals surface area contributed by atoms with Crippen LogP contribution < -0.4 is 0 Å². The zero-order valence-corrected chi connectivity index (χ0v) is 9.73. The molecule has 2 aromatic rings. The summed E-state index contributed by atoms with van der Waals surface area (Å²) in [6.07, 6.45) is 0.883. The molecule has 17 heavy (non-hydrogen) atoms. The summed E-state index contributed by atoms with van der Waals surface area (Å²) in [5, 5.41) is 10.5. The predicted molar refractivity (Wildman–Crippen MR) is 64.1 cm³/mol. The third kappa shape index (κ3) is 2.06. The molecule has 0 aliphatic heterocycles. The number of rotatable bonds is 2. The summed E-state index contributed by atoms with van der Waals surface area (Å²) in [4.78, 5) is 15.5. The van der Waals surface area contributed by atoms with Crippen molar-refractivity contribution in [3.8, 4) is 5.75 Å². The Labute approximate surface area is 98.9 Å². The van der Waals surface area contributed by atoms with Crippen molar-refractivity contribution in [3.63, 3.8) is 0 Å². The number of aryl methyl sites for hydroxylation is 1. The van der Waals surface area contributed by atoms with Gasteiger partial charge in [-0.2, -0.15) is 0 Å². The number of carbonyl (C=O) groups excluding carboxylic acids is 1. The van der Waals surface area contributed by atoms with Gasteiger partial charge in [-0.1, -0.05) is 13.0 Å². The quantitative estimate of drug-likeness (QED) is 0.805. The van der Waals surface area contributed by atoms with E-state index in [9.17, 15) is 9.90 Å². The van der Waals surface area contributed by atoms with Gasteiger partial charge in [-0.05, 0) is 24.1 Å². The number of hydrogen-bond donors (Lipinski definition) is 1. The van der Waals surface area contributed by atoms with E-state index in [0.29, 0.717) is 10.9 Å². The molecule has 0 unspecified atom stereocenters. The number of aromatic hydroxyl groups is 1. The molecule has 1 heterocycles. The second-order valence-corrected chi connectivity index (χ2v) is 3.72. The van der Waals surface area contributed by atoms with Gasteiger partial charge in [-0.25, -0.2) is 9.78 Å². The Morgan fingerprint density at radius 2 is 2.18 bits per heavy atom. The first kappa shape index (κ1) is 11.4. The molecular formula is C13H13NO3. The van der Waals surface area contributed by atoms with E-state index in [-0.39, 0.29) is 11.4 Å². The molecule has 4 nitrogen and oxygen atoms in total. The maximum Gasteiger partial charge on any atom is 0.356 e. The highest BCUT2D eigenvalue weighted by atomic mass is 16.5. The van der Waals surface area contributed by atoms with Gasteiger partial charge >= 0.3 is 5.97 Å². The van der Waals surface area contributed by atoms with Crippen molar-refractivity contribution in [2.75, 3.05) is 7.11 Å². The molecule has 0 saturated carbocycles. The van der Waals surface area contributed by atoms with Gasteiger partial charge in [0, 0.05) is 11.5 Å². The monoisotopic (exact) mass is 231 g/mol. The van der Waals surface area contributed by atoms with E-state index in [1.165, 1.54) is 13.2 Å². The van der Waals surface area contributed by atoms with E-state index in [1.807, 2.05) is 19.1 Å². The lowest BCUT2D eigenvalue weighted by Gasteiger charge is -2.05. The van der Waals surface area contributed by atoms with E-state index in [1.54, 1.807) is 6.07 Å². The molecular weight excluding hydrogens is 218 g/mol. The highest BCUT2D eigenvalue weighted by Gasteiger charge is 2.11. The van der Waals surface area contributed by atoms with Crippen molar-refractivity contribution in [1.82, 2.24) is 4.98 Å². The van der Waals surface area contributed by atoms with Gasteiger partial charge in [0.15, 0.2) is 5.69 Å². The Bertz CT molecular complexity index is 578. The highest BCUT2D eigenvalue weighted by molar-refractivity contribution is 5.94. The van der Waals surface area contributed by atoms with Gasteiger partial charge in [0.1, 0.15) is 5.75 Å². The zero-order valence-electron chi connectivity index (χ0n) is 9.73. The number of ether oxygens (including phenoxy) is 1. The number of carbonyl (C=O) groups is 1. The summed E-state index contributed by atoms with van der Waals surface area (Å²) < 4.78 is 4.57. The maximum atomic E-state index is 11.3. The lowest BCUT2D eigenvalue weighted by molar-refractivity contribution is 0.0594. The third-order valence-electron chi connectivity index (χ3n) is 2.65. The normalized spacial score (nSPS) is 10.5. The minimum Gasteiger partial charge on any atom is -0.507 e. The van der Waals surface area contributed by atoms with E-state index < -0.39 is 5.97 Å². The number of aromatic nitrogens is 1. The number of hydrogen-bond acceptors (Lipinski definition) is 4. The van der Waals surface area contributed by atoms with Crippen LogP contribution in [-0.4, -0.2) is 23.2 Å². The SMILES string of the molecule is CCc1ccc2nc(C(=O)OC)cc(O)c2c1. The first-order valence-corrected chi connectivity index (χ1v) is 5.36. The van der Waals surface area contributed by atoms with Gasteiger partial charge in [-0.3, -0.25) is 0 Å². The van der Waals surface area contributed by atoms with E-state index in [0.717, 1.165) is 12.0 Å². The molecule has 88 valence electrons. The predicted octanol–water partition coefficient (Wildman–Crippen LogP) is 2.29. The molecule has 0 spiro atoms. The van der Waals surface area contributed by atoms with Crippen LogP contribution in [0.4, 0.5) is 0 Å². The van der Waals surface area contributed by atoms with Crippen molar-refractivity contribution in [3.05, 3.63) is 35.5 Å². The number of esters is 1. The van der Waals surface area contributed by atoms with Crippen LogP contribution in [0.3, 0.4) is 0 Å². The van der Waals surface area contributed by atoms with Crippen molar-refractivity contribution in [1.29, 1.82) is 0 Å². The first-order valence-electron chi connectivity index (χ1n) is 5.36. The van der Waals surface area contributed by atoms with Crippen LogP contribution in [0.2, 0.25) is 0 Å². The largest absolute Gasteiger partial charge is 0.507 e. The van der Waals surface area contributed by atoms with Crippen LogP contribution in [0.15, 0.2) is 24.3 Å². The summed E-state index contributed by atoms with van der Waals surface area (Å²) in [5.74, 6) is -0.507. The minimum atomic E-state index is -0.554. The molecule has 4 heteroatoms. The van der Waals surface area contributed by atoms with Crippen LogP contribution >= 0.6 is 0 Å². The van der Waals surface area contributed by atoms with Gasteiger partial charge in [0.05, 0.1) is 12.6 Å². The molecule has 1 aromatic heterocycles. The lowest BCUT2D eigenvalue weighted by atomic mass is 10.1. The van der Waals surface area contributed by atoms with E-state index in [2.05, 4.69) is 9.72 Å². The molecule has 0 radical (unpaired) electrons. The number of pyridine rings is 1. The molecule has 0 atom stereocenters. The van der Waals surface area contributed by atoms with Gasteiger partial charge in [-0.15, -0.1) is 0 Å². The summed E-state index contributed by atoms with van der Waals surface area (Å²) in [6.45, 7) is 2.04. The number of methoxy groups -OCH3 is 1. The number of benzene rings is 1. The molecule has 2 rings (SSSR count). The molecule has 0 fully saturated rings. The number of fused-ring (bicyclic) bond motifs is 1. The lowest BCUT2D eigenvalue weighted by Crippen LogP contribution is -2.04. The highest BCUT2D eigenvalue weighted by Crippen LogP contribution is 2.25. The van der Waals surface area contributed by atoms with Crippen molar-refractivity contribution in [2.24, 2.45) is 0 Å². The van der Waals surface area contributed by atoms with Crippen molar-refractivity contribution in [2.45, 2.75) is 13.3 Å². The van der Waals surface area contributed by atoms with E-state index >= 15 is 0 Å². The maximum absolute atomic E-state index is 11.3. The molecule has 0 saturated heterocycles. The fraction of sp³-hybridized carbons (Fsp3) is 0.231. The standard InChI is InChI=1S/C13H13NO3/c1-3-8-4-5-10-9(6-8)12(15)7-11(14-10)13(16)17-2/h4-7H,3H2,1-2H3,(H,14,15). The minimum absolute atomic E-state index is 0.0469. The van der Waals surface area contributed by atoms with Gasteiger partial charge in [0.25, 0.3) is 0 Å². The summed E-state index contributed by atoms with van der Waals surface area (Å²) in [7, 11) is 1.28. The molecule has 0 aliphatic carbocycles. The number of nitrogens with zero attached hydrogens (tertiary/aromatic N) is 1. The molecule has 0 bridgehead atoms. The second-order valence-electron chi connectivity index (χ2n) is 3.72. The zero-order chi connectivity index (χ0) is 12.4. The smallest absolute Gasteiger partial charge is 0.356 e. The third-order valence-corrected chi connectivity index (χ3v) is 2.65. The molecule has 0 amide bonds.